The molecule has 1 atom stereocenters. The SMILES string of the molecule is CCC(Sc1ccc(C(C)C)cc1)C(=O)OC. The summed E-state index contributed by atoms with van der Waals surface area (Å²) in [7, 11) is 1.44. The molecule has 0 aliphatic rings. The van der Waals surface area contributed by atoms with Crippen molar-refractivity contribution in [2.45, 2.75) is 43.3 Å². The highest BCUT2D eigenvalue weighted by molar-refractivity contribution is 8.00. The molecule has 0 saturated heterocycles. The first-order valence-electron chi connectivity index (χ1n) is 5.93. The summed E-state index contributed by atoms with van der Waals surface area (Å²) < 4.78 is 4.78. The molecule has 0 radical (unpaired) electrons. The molecule has 0 spiro atoms. The predicted octanol–water partition coefficient (Wildman–Crippen LogP) is 3.85. The summed E-state index contributed by atoms with van der Waals surface area (Å²) in [5.74, 6) is 0.391. The number of thioether (sulfide) groups is 1. The van der Waals surface area contributed by atoms with Gasteiger partial charge in [-0.15, -0.1) is 11.8 Å². The van der Waals surface area contributed by atoms with E-state index in [1.165, 1.54) is 12.7 Å². The van der Waals surface area contributed by atoms with E-state index in [0.717, 1.165) is 11.3 Å². The van der Waals surface area contributed by atoms with E-state index in [2.05, 4.69) is 38.1 Å². The van der Waals surface area contributed by atoms with Gasteiger partial charge in [0.25, 0.3) is 0 Å². The molecule has 1 aromatic carbocycles. The van der Waals surface area contributed by atoms with Crippen LogP contribution in [0.1, 0.15) is 38.7 Å². The number of hydrogen-bond acceptors (Lipinski definition) is 3. The van der Waals surface area contributed by atoms with Crippen molar-refractivity contribution >= 4 is 17.7 Å². The second-order valence-corrected chi connectivity index (χ2v) is 5.54. The van der Waals surface area contributed by atoms with Gasteiger partial charge in [-0.2, -0.15) is 0 Å². The second kappa shape index (κ2) is 6.70. The molecule has 0 N–H and O–H groups in total. The number of methoxy groups -OCH3 is 1. The van der Waals surface area contributed by atoms with E-state index in [1.54, 1.807) is 11.8 Å². The van der Waals surface area contributed by atoms with Crippen LogP contribution in [0.25, 0.3) is 0 Å². The zero-order chi connectivity index (χ0) is 12.8. The van der Waals surface area contributed by atoms with Crippen LogP contribution in [0.3, 0.4) is 0 Å². The minimum atomic E-state index is -0.148. The van der Waals surface area contributed by atoms with Crippen molar-refractivity contribution < 1.29 is 9.53 Å². The maximum atomic E-state index is 11.5. The summed E-state index contributed by atoms with van der Waals surface area (Å²) in [5.41, 5.74) is 1.32. The second-order valence-electron chi connectivity index (χ2n) is 4.26. The van der Waals surface area contributed by atoms with Gasteiger partial charge in [0.2, 0.25) is 0 Å². The molecule has 2 nitrogen and oxygen atoms in total. The van der Waals surface area contributed by atoms with Gasteiger partial charge >= 0.3 is 5.97 Å². The zero-order valence-corrected chi connectivity index (χ0v) is 11.7. The van der Waals surface area contributed by atoms with E-state index in [-0.39, 0.29) is 11.2 Å². The van der Waals surface area contributed by atoms with Crippen LogP contribution in [-0.4, -0.2) is 18.3 Å². The third-order valence-electron chi connectivity index (χ3n) is 2.66. The number of carbonyl (C=O) groups is 1. The average molecular weight is 252 g/mol. The zero-order valence-electron chi connectivity index (χ0n) is 10.9. The van der Waals surface area contributed by atoms with Crippen molar-refractivity contribution in [2.24, 2.45) is 0 Å². The summed E-state index contributed by atoms with van der Waals surface area (Å²) in [4.78, 5) is 12.6. The number of ether oxygens (including phenoxy) is 1. The Bertz CT molecular complexity index is 357. The number of carbonyl (C=O) groups excluding carboxylic acids is 1. The number of hydrogen-bond donors (Lipinski definition) is 0. The van der Waals surface area contributed by atoms with Crippen molar-refractivity contribution in [3.05, 3.63) is 29.8 Å². The van der Waals surface area contributed by atoms with Crippen molar-refractivity contribution in [1.82, 2.24) is 0 Å². The Kier molecular flexibility index (Phi) is 5.56. The topological polar surface area (TPSA) is 26.3 Å². The van der Waals surface area contributed by atoms with Crippen molar-refractivity contribution in [2.75, 3.05) is 7.11 Å². The van der Waals surface area contributed by atoms with Gasteiger partial charge in [0.15, 0.2) is 0 Å². The van der Waals surface area contributed by atoms with Crippen LogP contribution < -0.4 is 0 Å². The lowest BCUT2D eigenvalue weighted by molar-refractivity contribution is -0.140. The first kappa shape index (κ1) is 14.1. The van der Waals surface area contributed by atoms with Gasteiger partial charge in [0, 0.05) is 4.90 Å². The number of rotatable bonds is 5. The molecule has 17 heavy (non-hydrogen) atoms. The molecule has 94 valence electrons. The highest BCUT2D eigenvalue weighted by Crippen LogP contribution is 2.27. The van der Waals surface area contributed by atoms with E-state index in [4.69, 9.17) is 4.74 Å². The number of esters is 1. The summed E-state index contributed by atoms with van der Waals surface area (Å²) in [5, 5.41) is -0.107. The molecule has 0 bridgehead atoms. The van der Waals surface area contributed by atoms with Crippen LogP contribution in [0, 0.1) is 0 Å². The maximum Gasteiger partial charge on any atom is 0.319 e. The normalized spacial score (nSPS) is 12.5. The van der Waals surface area contributed by atoms with Gasteiger partial charge < -0.3 is 4.74 Å². The Morgan fingerprint density at radius 3 is 2.29 bits per heavy atom. The maximum absolute atomic E-state index is 11.5. The minimum absolute atomic E-state index is 0.107. The van der Waals surface area contributed by atoms with Crippen molar-refractivity contribution in [1.29, 1.82) is 0 Å². The Hall–Kier alpha value is -0.960. The molecule has 0 fully saturated rings. The van der Waals surface area contributed by atoms with Crippen LogP contribution in [0.15, 0.2) is 29.2 Å². The van der Waals surface area contributed by atoms with Gasteiger partial charge in [-0.1, -0.05) is 32.9 Å². The molecule has 1 rings (SSSR count). The molecule has 3 heteroatoms. The van der Waals surface area contributed by atoms with Gasteiger partial charge in [0.05, 0.1) is 7.11 Å². The van der Waals surface area contributed by atoms with E-state index in [9.17, 15) is 4.79 Å². The fourth-order valence-corrected chi connectivity index (χ4v) is 2.51. The predicted molar refractivity (Wildman–Crippen MR) is 72.5 cm³/mol. The Labute approximate surface area is 108 Å². The van der Waals surface area contributed by atoms with E-state index >= 15 is 0 Å². The molecule has 0 aliphatic carbocycles. The molecule has 1 aromatic rings. The molecule has 0 heterocycles. The summed E-state index contributed by atoms with van der Waals surface area (Å²) in [6.07, 6.45) is 0.781. The summed E-state index contributed by atoms with van der Waals surface area (Å²) in [6, 6.07) is 8.39. The minimum Gasteiger partial charge on any atom is -0.468 e. The molecule has 0 aromatic heterocycles. The summed E-state index contributed by atoms with van der Waals surface area (Å²) in [6.45, 7) is 6.34. The fraction of sp³-hybridized carbons (Fsp3) is 0.500. The number of benzene rings is 1. The molecular formula is C14H20O2S. The molecule has 1 unspecified atom stereocenters. The van der Waals surface area contributed by atoms with Gasteiger partial charge in [-0.05, 0) is 30.0 Å². The molecule has 0 amide bonds. The van der Waals surface area contributed by atoms with Crippen molar-refractivity contribution in [3.8, 4) is 0 Å². The Morgan fingerprint density at radius 2 is 1.88 bits per heavy atom. The third-order valence-corrected chi connectivity index (χ3v) is 4.01. The first-order chi connectivity index (χ1) is 8.08. The molecule has 0 aliphatic heterocycles. The average Bonchev–Trinajstić information content (AvgIpc) is 2.35. The lowest BCUT2D eigenvalue weighted by atomic mass is 10.0. The highest BCUT2D eigenvalue weighted by Gasteiger charge is 2.18. The highest BCUT2D eigenvalue weighted by atomic mass is 32.2. The Balaban J connectivity index is 2.70. The lowest BCUT2D eigenvalue weighted by Crippen LogP contribution is -2.17. The summed E-state index contributed by atoms with van der Waals surface area (Å²) >= 11 is 1.57. The van der Waals surface area contributed by atoms with E-state index < -0.39 is 0 Å². The van der Waals surface area contributed by atoms with Gasteiger partial charge in [0.1, 0.15) is 5.25 Å². The Morgan fingerprint density at radius 1 is 1.29 bits per heavy atom. The van der Waals surface area contributed by atoms with E-state index in [1.807, 2.05) is 6.92 Å². The monoisotopic (exact) mass is 252 g/mol. The van der Waals surface area contributed by atoms with Crippen molar-refractivity contribution in [3.63, 3.8) is 0 Å². The molecule has 0 saturated carbocycles. The van der Waals surface area contributed by atoms with Crippen LogP contribution in [-0.2, 0) is 9.53 Å². The van der Waals surface area contributed by atoms with Crippen LogP contribution >= 0.6 is 11.8 Å². The van der Waals surface area contributed by atoms with Crippen LogP contribution in [0.5, 0.6) is 0 Å². The fourth-order valence-electron chi connectivity index (χ4n) is 1.53. The smallest absolute Gasteiger partial charge is 0.319 e. The largest absolute Gasteiger partial charge is 0.468 e. The first-order valence-corrected chi connectivity index (χ1v) is 6.80. The van der Waals surface area contributed by atoms with Crippen LogP contribution in [0.2, 0.25) is 0 Å². The van der Waals surface area contributed by atoms with Gasteiger partial charge in [-0.3, -0.25) is 4.79 Å². The standard InChI is InChI=1S/C14H20O2S/c1-5-13(14(15)16-4)17-12-8-6-11(7-9-12)10(2)3/h6-10,13H,5H2,1-4H3. The van der Waals surface area contributed by atoms with E-state index in [0.29, 0.717) is 5.92 Å². The van der Waals surface area contributed by atoms with Crippen LogP contribution in [0.4, 0.5) is 0 Å². The molecular weight excluding hydrogens is 232 g/mol. The van der Waals surface area contributed by atoms with Gasteiger partial charge in [-0.25, -0.2) is 0 Å². The quantitative estimate of drug-likeness (QED) is 0.588. The lowest BCUT2D eigenvalue weighted by Gasteiger charge is -2.12. The third kappa shape index (κ3) is 4.08.